The van der Waals surface area contributed by atoms with Crippen LogP contribution in [0.25, 0.3) is 0 Å². The molecule has 2 unspecified atom stereocenters. The summed E-state index contributed by atoms with van der Waals surface area (Å²) in [4.78, 5) is 12.3. The molecule has 0 radical (unpaired) electrons. The van der Waals surface area contributed by atoms with Crippen LogP contribution >= 0.6 is 11.8 Å². The largest absolute Gasteiger partial charge is 0.497 e. The molecule has 0 aliphatic rings. The van der Waals surface area contributed by atoms with Gasteiger partial charge in [0, 0.05) is 10.1 Å². The quantitative estimate of drug-likeness (QED) is 0.640. The monoisotopic (exact) mass is 255 g/mol. The molecule has 1 aromatic carbocycles. The first-order chi connectivity index (χ1) is 8.08. The van der Waals surface area contributed by atoms with Gasteiger partial charge in [-0.05, 0) is 24.3 Å². The molecular weight excluding hydrogens is 238 g/mol. The Morgan fingerprint density at radius 2 is 1.88 bits per heavy atom. The minimum absolute atomic E-state index is 0.0455. The van der Waals surface area contributed by atoms with Crippen LogP contribution in [-0.4, -0.2) is 31.5 Å². The minimum atomic E-state index is -0.618. The van der Waals surface area contributed by atoms with Gasteiger partial charge in [-0.2, -0.15) is 0 Å². The number of thioether (sulfide) groups is 1. The van der Waals surface area contributed by atoms with Crippen molar-refractivity contribution in [3.63, 3.8) is 0 Å². The second kappa shape index (κ2) is 6.51. The Balaban J connectivity index is 2.60. The Morgan fingerprint density at radius 1 is 1.29 bits per heavy atom. The van der Waals surface area contributed by atoms with Crippen LogP contribution in [0.15, 0.2) is 29.2 Å². The molecule has 0 aliphatic heterocycles. The number of esters is 1. The van der Waals surface area contributed by atoms with E-state index in [2.05, 4.69) is 4.74 Å². The zero-order valence-corrected chi connectivity index (χ0v) is 11.0. The molecular formula is C12H17NO3S. The van der Waals surface area contributed by atoms with Crippen LogP contribution in [0.1, 0.15) is 6.92 Å². The van der Waals surface area contributed by atoms with Crippen molar-refractivity contribution in [3.8, 4) is 5.75 Å². The van der Waals surface area contributed by atoms with E-state index in [9.17, 15) is 4.79 Å². The minimum Gasteiger partial charge on any atom is -0.497 e. The summed E-state index contributed by atoms with van der Waals surface area (Å²) in [5.41, 5.74) is 5.76. The molecule has 5 heteroatoms. The molecule has 2 atom stereocenters. The summed E-state index contributed by atoms with van der Waals surface area (Å²) in [6.07, 6.45) is 0. The molecule has 0 saturated carbocycles. The SMILES string of the molecule is COC(=O)C(N)C(C)Sc1ccc(OC)cc1. The molecule has 0 spiro atoms. The van der Waals surface area contributed by atoms with E-state index in [1.165, 1.54) is 18.9 Å². The molecule has 0 amide bonds. The highest BCUT2D eigenvalue weighted by Gasteiger charge is 2.22. The smallest absolute Gasteiger partial charge is 0.323 e. The topological polar surface area (TPSA) is 61.5 Å². The zero-order valence-electron chi connectivity index (χ0n) is 10.2. The highest BCUT2D eigenvalue weighted by Crippen LogP contribution is 2.26. The number of carbonyl (C=O) groups is 1. The van der Waals surface area contributed by atoms with E-state index >= 15 is 0 Å². The van der Waals surface area contributed by atoms with Crippen LogP contribution in [0.2, 0.25) is 0 Å². The van der Waals surface area contributed by atoms with Crippen molar-refractivity contribution in [2.75, 3.05) is 14.2 Å². The van der Waals surface area contributed by atoms with Gasteiger partial charge in [-0.1, -0.05) is 6.92 Å². The predicted molar refractivity (Wildman–Crippen MR) is 68.3 cm³/mol. The molecule has 0 aromatic heterocycles. The van der Waals surface area contributed by atoms with Gasteiger partial charge < -0.3 is 15.2 Å². The Bertz CT molecular complexity index is 367. The van der Waals surface area contributed by atoms with Gasteiger partial charge in [-0.3, -0.25) is 4.79 Å². The molecule has 4 nitrogen and oxygen atoms in total. The highest BCUT2D eigenvalue weighted by atomic mass is 32.2. The first-order valence-electron chi connectivity index (χ1n) is 5.22. The van der Waals surface area contributed by atoms with Gasteiger partial charge in [-0.15, -0.1) is 11.8 Å². The van der Waals surface area contributed by atoms with Gasteiger partial charge >= 0.3 is 5.97 Å². The van der Waals surface area contributed by atoms with Crippen LogP contribution in [0, 0.1) is 0 Å². The number of ether oxygens (including phenoxy) is 2. The Kier molecular flexibility index (Phi) is 5.31. The number of carbonyl (C=O) groups excluding carboxylic acids is 1. The summed E-state index contributed by atoms with van der Waals surface area (Å²) in [6, 6.07) is 7.00. The molecule has 0 aliphatic carbocycles. The summed E-state index contributed by atoms with van der Waals surface area (Å²) >= 11 is 1.53. The van der Waals surface area contributed by atoms with Gasteiger partial charge in [0.1, 0.15) is 11.8 Å². The maximum Gasteiger partial charge on any atom is 0.323 e. The summed E-state index contributed by atoms with van der Waals surface area (Å²) in [6.45, 7) is 1.90. The van der Waals surface area contributed by atoms with Crippen LogP contribution in [-0.2, 0) is 9.53 Å². The lowest BCUT2D eigenvalue weighted by Crippen LogP contribution is -2.39. The number of hydrogen-bond donors (Lipinski definition) is 1. The third-order valence-corrected chi connectivity index (χ3v) is 3.57. The number of methoxy groups -OCH3 is 2. The van der Waals surface area contributed by atoms with Gasteiger partial charge in [0.2, 0.25) is 0 Å². The predicted octanol–water partition coefficient (Wildman–Crippen LogP) is 1.68. The van der Waals surface area contributed by atoms with Crippen molar-refractivity contribution >= 4 is 17.7 Å². The van der Waals surface area contributed by atoms with Gasteiger partial charge in [0.05, 0.1) is 14.2 Å². The fourth-order valence-electron chi connectivity index (χ4n) is 1.27. The number of nitrogens with two attached hydrogens (primary N) is 1. The summed E-state index contributed by atoms with van der Waals surface area (Å²) in [5, 5.41) is -0.0455. The molecule has 0 fully saturated rings. The van der Waals surface area contributed by atoms with E-state index in [1.54, 1.807) is 7.11 Å². The molecule has 1 aromatic rings. The molecule has 1 rings (SSSR count). The van der Waals surface area contributed by atoms with Crippen LogP contribution in [0.3, 0.4) is 0 Å². The first kappa shape index (κ1) is 13.9. The molecule has 0 saturated heterocycles. The third kappa shape index (κ3) is 3.94. The van der Waals surface area contributed by atoms with Crippen molar-refractivity contribution in [2.24, 2.45) is 5.73 Å². The first-order valence-corrected chi connectivity index (χ1v) is 6.10. The van der Waals surface area contributed by atoms with E-state index in [4.69, 9.17) is 10.5 Å². The van der Waals surface area contributed by atoms with Crippen molar-refractivity contribution < 1.29 is 14.3 Å². The third-order valence-electron chi connectivity index (χ3n) is 2.36. The van der Waals surface area contributed by atoms with Crippen LogP contribution in [0.5, 0.6) is 5.75 Å². The van der Waals surface area contributed by atoms with Gasteiger partial charge in [0.15, 0.2) is 0 Å². The average molecular weight is 255 g/mol. The fraction of sp³-hybridized carbons (Fsp3) is 0.417. The van der Waals surface area contributed by atoms with E-state index in [0.29, 0.717) is 0 Å². The summed E-state index contributed by atoms with van der Waals surface area (Å²) < 4.78 is 9.68. The molecule has 2 N–H and O–H groups in total. The number of hydrogen-bond acceptors (Lipinski definition) is 5. The van der Waals surface area contributed by atoms with Crippen molar-refractivity contribution in [1.82, 2.24) is 0 Å². The van der Waals surface area contributed by atoms with Crippen LogP contribution < -0.4 is 10.5 Å². The van der Waals surface area contributed by atoms with Crippen molar-refractivity contribution in [2.45, 2.75) is 23.1 Å². The summed E-state index contributed by atoms with van der Waals surface area (Å²) in [5.74, 6) is 0.415. The van der Waals surface area contributed by atoms with Crippen molar-refractivity contribution in [1.29, 1.82) is 0 Å². The van der Waals surface area contributed by atoms with E-state index in [0.717, 1.165) is 10.6 Å². The second-order valence-electron chi connectivity index (χ2n) is 3.55. The number of rotatable bonds is 5. The lowest BCUT2D eigenvalue weighted by Gasteiger charge is -2.17. The zero-order chi connectivity index (χ0) is 12.8. The fourth-order valence-corrected chi connectivity index (χ4v) is 2.25. The van der Waals surface area contributed by atoms with E-state index < -0.39 is 12.0 Å². The van der Waals surface area contributed by atoms with Crippen molar-refractivity contribution in [3.05, 3.63) is 24.3 Å². The molecule has 94 valence electrons. The van der Waals surface area contributed by atoms with Gasteiger partial charge in [-0.25, -0.2) is 0 Å². The second-order valence-corrected chi connectivity index (χ2v) is 5.00. The maximum absolute atomic E-state index is 11.3. The van der Waals surface area contributed by atoms with E-state index in [-0.39, 0.29) is 5.25 Å². The Labute approximate surface area is 105 Å². The Morgan fingerprint density at radius 3 is 2.35 bits per heavy atom. The highest BCUT2D eigenvalue weighted by molar-refractivity contribution is 8.00. The molecule has 0 heterocycles. The molecule has 17 heavy (non-hydrogen) atoms. The van der Waals surface area contributed by atoms with Crippen LogP contribution in [0.4, 0.5) is 0 Å². The summed E-state index contributed by atoms with van der Waals surface area (Å²) in [7, 11) is 2.96. The number of benzene rings is 1. The normalized spacial score (nSPS) is 13.9. The Hall–Kier alpha value is -1.20. The maximum atomic E-state index is 11.3. The molecule has 0 bridgehead atoms. The standard InChI is InChI=1S/C12H17NO3S/c1-8(11(13)12(14)16-3)17-10-6-4-9(15-2)5-7-10/h4-8,11H,13H2,1-3H3. The average Bonchev–Trinajstić information content (AvgIpc) is 2.37. The lowest BCUT2D eigenvalue weighted by molar-refractivity contribution is -0.142. The van der Waals surface area contributed by atoms with Gasteiger partial charge in [0.25, 0.3) is 0 Å². The van der Waals surface area contributed by atoms with E-state index in [1.807, 2.05) is 31.2 Å². The lowest BCUT2D eigenvalue weighted by atomic mass is 10.2.